The summed E-state index contributed by atoms with van der Waals surface area (Å²) in [6.45, 7) is 5.20. The topological polar surface area (TPSA) is 85.2 Å². The second-order valence-corrected chi connectivity index (χ2v) is 7.99. The van der Waals surface area contributed by atoms with Crippen molar-refractivity contribution < 1.29 is 14.3 Å². The number of benzene rings is 2. The number of para-hydroxylation sites is 2. The van der Waals surface area contributed by atoms with Gasteiger partial charge in [0, 0.05) is 18.7 Å². The van der Waals surface area contributed by atoms with Crippen molar-refractivity contribution in [3.05, 3.63) is 65.5 Å². The van der Waals surface area contributed by atoms with Gasteiger partial charge in [0.1, 0.15) is 12.4 Å². The van der Waals surface area contributed by atoms with Crippen LogP contribution in [0.3, 0.4) is 0 Å². The van der Waals surface area contributed by atoms with Crippen LogP contribution in [0.2, 0.25) is 0 Å². The number of nitrogens with zero attached hydrogens (tertiary/aromatic N) is 2. The molecule has 2 aromatic carbocycles. The SMILES string of the molecule is Cc1ccccc1C(=O)NC(C)c1nc2ccccc2n1CC(=O)NCC1CCCO1. The van der Waals surface area contributed by atoms with E-state index in [1.807, 2.05) is 60.9 Å². The highest BCUT2D eigenvalue weighted by Crippen LogP contribution is 2.21. The lowest BCUT2D eigenvalue weighted by atomic mass is 10.1. The van der Waals surface area contributed by atoms with Gasteiger partial charge in [0.05, 0.1) is 23.2 Å². The minimum atomic E-state index is -0.370. The molecule has 0 radical (unpaired) electrons. The Hall–Kier alpha value is -3.19. The number of carbonyl (C=O) groups is 2. The van der Waals surface area contributed by atoms with Gasteiger partial charge in [0.15, 0.2) is 0 Å². The van der Waals surface area contributed by atoms with Crippen LogP contribution >= 0.6 is 0 Å². The lowest BCUT2D eigenvalue weighted by Gasteiger charge is -2.17. The number of fused-ring (bicyclic) bond motifs is 1. The van der Waals surface area contributed by atoms with E-state index < -0.39 is 0 Å². The largest absolute Gasteiger partial charge is 0.376 e. The number of aryl methyl sites for hydroxylation is 1. The molecule has 4 rings (SSSR count). The predicted molar refractivity (Wildman–Crippen MR) is 119 cm³/mol. The molecule has 0 aliphatic carbocycles. The van der Waals surface area contributed by atoms with E-state index in [0.29, 0.717) is 17.9 Å². The van der Waals surface area contributed by atoms with Gasteiger partial charge in [0.2, 0.25) is 5.91 Å². The molecule has 1 aliphatic rings. The van der Waals surface area contributed by atoms with Crippen molar-refractivity contribution in [2.45, 2.75) is 45.4 Å². The molecule has 2 unspecified atom stereocenters. The normalized spacial score (nSPS) is 16.9. The number of ether oxygens (including phenoxy) is 1. The second kappa shape index (κ2) is 9.31. The molecule has 2 heterocycles. The van der Waals surface area contributed by atoms with Gasteiger partial charge in [-0.25, -0.2) is 4.98 Å². The lowest BCUT2D eigenvalue weighted by Crippen LogP contribution is -2.35. The second-order valence-electron chi connectivity index (χ2n) is 7.99. The van der Waals surface area contributed by atoms with Gasteiger partial charge >= 0.3 is 0 Å². The third-order valence-corrected chi connectivity index (χ3v) is 5.66. The third kappa shape index (κ3) is 4.77. The van der Waals surface area contributed by atoms with Crippen LogP contribution in [0, 0.1) is 6.92 Å². The molecular formula is C24H28N4O3. The maximum absolute atomic E-state index is 12.8. The first-order chi connectivity index (χ1) is 15.0. The summed E-state index contributed by atoms with van der Waals surface area (Å²) >= 11 is 0. The minimum absolute atomic E-state index is 0.0928. The molecule has 31 heavy (non-hydrogen) atoms. The van der Waals surface area contributed by atoms with Crippen molar-refractivity contribution in [2.75, 3.05) is 13.2 Å². The van der Waals surface area contributed by atoms with E-state index in [0.717, 1.165) is 36.0 Å². The number of nitrogens with one attached hydrogen (secondary N) is 2. The number of amides is 2. The maximum atomic E-state index is 12.8. The maximum Gasteiger partial charge on any atom is 0.252 e. The first kappa shape index (κ1) is 21.1. The fourth-order valence-corrected chi connectivity index (χ4v) is 3.99. The molecule has 1 saturated heterocycles. The fourth-order valence-electron chi connectivity index (χ4n) is 3.99. The molecule has 2 N–H and O–H groups in total. The van der Waals surface area contributed by atoms with Gasteiger partial charge in [0.25, 0.3) is 5.91 Å². The average molecular weight is 421 g/mol. The third-order valence-electron chi connectivity index (χ3n) is 5.66. The summed E-state index contributed by atoms with van der Waals surface area (Å²) in [5, 5.41) is 6.00. The van der Waals surface area contributed by atoms with E-state index in [4.69, 9.17) is 9.72 Å². The van der Waals surface area contributed by atoms with Crippen LogP contribution in [0.1, 0.15) is 47.6 Å². The molecule has 162 valence electrons. The molecule has 2 amide bonds. The first-order valence-corrected chi connectivity index (χ1v) is 10.7. The minimum Gasteiger partial charge on any atom is -0.376 e. The van der Waals surface area contributed by atoms with E-state index in [2.05, 4.69) is 10.6 Å². The number of hydrogen-bond donors (Lipinski definition) is 2. The van der Waals surface area contributed by atoms with Crippen molar-refractivity contribution >= 4 is 22.8 Å². The summed E-state index contributed by atoms with van der Waals surface area (Å²) < 4.78 is 7.46. The zero-order chi connectivity index (χ0) is 21.8. The summed E-state index contributed by atoms with van der Waals surface area (Å²) in [5.41, 5.74) is 3.20. The van der Waals surface area contributed by atoms with Crippen LogP contribution in [0.25, 0.3) is 11.0 Å². The predicted octanol–water partition coefficient (Wildman–Crippen LogP) is 3.13. The summed E-state index contributed by atoms with van der Waals surface area (Å²) in [6, 6.07) is 14.8. The number of hydrogen-bond acceptors (Lipinski definition) is 4. The quantitative estimate of drug-likeness (QED) is 0.615. The summed E-state index contributed by atoms with van der Waals surface area (Å²) in [4.78, 5) is 30.2. The highest BCUT2D eigenvalue weighted by molar-refractivity contribution is 5.95. The number of imidazole rings is 1. The Morgan fingerprint density at radius 2 is 1.97 bits per heavy atom. The first-order valence-electron chi connectivity index (χ1n) is 10.7. The van der Waals surface area contributed by atoms with Crippen LogP contribution in [0.15, 0.2) is 48.5 Å². The van der Waals surface area contributed by atoms with Gasteiger partial charge in [-0.3, -0.25) is 9.59 Å². The molecule has 1 aliphatic heterocycles. The Balaban J connectivity index is 1.53. The highest BCUT2D eigenvalue weighted by Gasteiger charge is 2.22. The van der Waals surface area contributed by atoms with Crippen LogP contribution in [0.5, 0.6) is 0 Å². The van der Waals surface area contributed by atoms with E-state index in [1.54, 1.807) is 6.07 Å². The summed E-state index contributed by atoms with van der Waals surface area (Å²) in [7, 11) is 0. The molecule has 0 saturated carbocycles. The van der Waals surface area contributed by atoms with Crippen LogP contribution in [-0.2, 0) is 16.1 Å². The van der Waals surface area contributed by atoms with Crippen LogP contribution in [-0.4, -0.2) is 40.6 Å². The molecular weight excluding hydrogens is 392 g/mol. The molecule has 2 atom stereocenters. The fraction of sp³-hybridized carbons (Fsp3) is 0.375. The van der Waals surface area contributed by atoms with E-state index >= 15 is 0 Å². The number of aromatic nitrogens is 2. The number of carbonyl (C=O) groups excluding carboxylic acids is 2. The van der Waals surface area contributed by atoms with Crippen molar-refractivity contribution in [1.82, 2.24) is 20.2 Å². The van der Waals surface area contributed by atoms with E-state index in [9.17, 15) is 9.59 Å². The highest BCUT2D eigenvalue weighted by atomic mass is 16.5. The van der Waals surface area contributed by atoms with Crippen LogP contribution in [0.4, 0.5) is 0 Å². The zero-order valence-electron chi connectivity index (χ0n) is 17.9. The van der Waals surface area contributed by atoms with Gasteiger partial charge < -0.3 is 19.9 Å². The Kier molecular flexibility index (Phi) is 6.32. The standard InChI is InChI=1S/C24H28N4O3/c1-16-8-3-4-10-19(16)24(30)26-17(2)23-27-20-11-5-6-12-21(20)28(23)15-22(29)25-14-18-9-7-13-31-18/h3-6,8,10-12,17-18H,7,9,13-15H2,1-2H3,(H,25,29)(H,26,30). The Morgan fingerprint density at radius 1 is 1.19 bits per heavy atom. The Morgan fingerprint density at radius 3 is 2.74 bits per heavy atom. The number of rotatable bonds is 7. The summed E-state index contributed by atoms with van der Waals surface area (Å²) in [5.74, 6) is 0.389. The molecule has 7 nitrogen and oxygen atoms in total. The van der Waals surface area contributed by atoms with Gasteiger partial charge in [-0.05, 0) is 50.5 Å². The Bertz CT molecular complexity index is 1090. The molecule has 0 spiro atoms. The van der Waals surface area contributed by atoms with Crippen molar-refractivity contribution in [3.63, 3.8) is 0 Å². The smallest absolute Gasteiger partial charge is 0.252 e. The van der Waals surface area contributed by atoms with Gasteiger partial charge in [-0.1, -0.05) is 30.3 Å². The average Bonchev–Trinajstić information content (AvgIpc) is 3.41. The zero-order valence-corrected chi connectivity index (χ0v) is 17.9. The molecule has 7 heteroatoms. The van der Waals surface area contributed by atoms with Gasteiger partial charge in [-0.2, -0.15) is 0 Å². The van der Waals surface area contributed by atoms with Gasteiger partial charge in [-0.15, -0.1) is 0 Å². The lowest BCUT2D eigenvalue weighted by molar-refractivity contribution is -0.122. The molecule has 0 bridgehead atoms. The van der Waals surface area contributed by atoms with Crippen molar-refractivity contribution in [1.29, 1.82) is 0 Å². The molecule has 1 fully saturated rings. The molecule has 3 aromatic rings. The van der Waals surface area contributed by atoms with E-state index in [1.165, 1.54) is 0 Å². The van der Waals surface area contributed by atoms with Crippen LogP contribution < -0.4 is 10.6 Å². The van der Waals surface area contributed by atoms with Crippen molar-refractivity contribution in [3.8, 4) is 0 Å². The molecule has 1 aromatic heterocycles. The summed E-state index contributed by atoms with van der Waals surface area (Å²) in [6.07, 6.45) is 2.10. The van der Waals surface area contributed by atoms with Crippen molar-refractivity contribution in [2.24, 2.45) is 0 Å². The monoisotopic (exact) mass is 420 g/mol. The van der Waals surface area contributed by atoms with E-state index in [-0.39, 0.29) is 30.5 Å². The Labute approximate surface area is 181 Å².